The lowest BCUT2D eigenvalue weighted by Crippen LogP contribution is -2.39. The Labute approximate surface area is 118 Å². The number of hydrogen-bond acceptors (Lipinski definition) is 5. The highest BCUT2D eigenvalue weighted by Gasteiger charge is 2.29. The van der Waals surface area contributed by atoms with Gasteiger partial charge in [-0.25, -0.2) is 8.42 Å². The summed E-state index contributed by atoms with van der Waals surface area (Å²) >= 11 is 1.27. The Hall–Kier alpha value is -0.470. The standard InChI is InChI=1S/C12H20N2O3S2/c1-13-6-3-4-10(13)8-14(2)19(16,17)12-5-7-18-11(12)9-15/h5,7,10,15H,3-4,6,8-9H2,1-2H3. The molecule has 1 unspecified atom stereocenters. The molecule has 1 fully saturated rings. The zero-order valence-electron chi connectivity index (χ0n) is 11.2. The largest absolute Gasteiger partial charge is 0.391 e. The van der Waals surface area contributed by atoms with Crippen molar-refractivity contribution >= 4 is 21.4 Å². The summed E-state index contributed by atoms with van der Waals surface area (Å²) in [5, 5.41) is 10.9. The summed E-state index contributed by atoms with van der Waals surface area (Å²) in [5.74, 6) is 0. The fourth-order valence-corrected chi connectivity index (χ4v) is 4.92. The fourth-order valence-electron chi connectivity index (χ4n) is 2.45. The highest BCUT2D eigenvalue weighted by Crippen LogP contribution is 2.26. The molecule has 1 aliphatic heterocycles. The van der Waals surface area contributed by atoms with Gasteiger partial charge < -0.3 is 10.0 Å². The van der Waals surface area contributed by atoms with Crippen LogP contribution in [0.25, 0.3) is 0 Å². The first kappa shape index (κ1) is 14.9. The van der Waals surface area contributed by atoms with E-state index in [1.54, 1.807) is 18.5 Å². The quantitative estimate of drug-likeness (QED) is 0.880. The van der Waals surface area contributed by atoms with Gasteiger partial charge in [0.05, 0.1) is 11.5 Å². The Morgan fingerprint density at radius 2 is 2.32 bits per heavy atom. The van der Waals surface area contributed by atoms with Crippen molar-refractivity contribution in [2.45, 2.75) is 30.4 Å². The number of likely N-dealkylation sites (tertiary alicyclic amines) is 1. The minimum absolute atomic E-state index is 0.233. The molecule has 0 aromatic carbocycles. The van der Waals surface area contributed by atoms with Crippen LogP contribution in [0.3, 0.4) is 0 Å². The van der Waals surface area contributed by atoms with Crippen LogP contribution in [0.5, 0.6) is 0 Å². The van der Waals surface area contributed by atoms with Gasteiger partial charge in [0.15, 0.2) is 0 Å². The zero-order valence-corrected chi connectivity index (χ0v) is 12.9. The summed E-state index contributed by atoms with van der Waals surface area (Å²) in [5.41, 5.74) is 0. The summed E-state index contributed by atoms with van der Waals surface area (Å²) in [4.78, 5) is 2.95. The van der Waals surface area contributed by atoms with Gasteiger partial charge in [0.2, 0.25) is 10.0 Å². The molecule has 2 heterocycles. The molecular formula is C12H20N2O3S2. The molecule has 0 amide bonds. The lowest BCUT2D eigenvalue weighted by Gasteiger charge is -2.25. The Morgan fingerprint density at radius 1 is 1.58 bits per heavy atom. The van der Waals surface area contributed by atoms with E-state index in [4.69, 9.17) is 0 Å². The number of thiophene rings is 1. The average molecular weight is 304 g/mol. The highest BCUT2D eigenvalue weighted by molar-refractivity contribution is 7.89. The van der Waals surface area contributed by atoms with Crippen molar-refractivity contribution in [1.29, 1.82) is 0 Å². The van der Waals surface area contributed by atoms with Gasteiger partial charge in [-0.15, -0.1) is 11.3 Å². The lowest BCUT2D eigenvalue weighted by atomic mass is 10.2. The third-order valence-corrected chi connectivity index (χ3v) is 6.62. The number of rotatable bonds is 5. The van der Waals surface area contributed by atoms with Crippen LogP contribution in [0.2, 0.25) is 0 Å². The molecule has 0 saturated carbocycles. The number of aliphatic hydroxyl groups excluding tert-OH is 1. The van der Waals surface area contributed by atoms with Gasteiger partial charge in [-0.2, -0.15) is 4.31 Å². The first-order valence-electron chi connectivity index (χ1n) is 6.30. The second kappa shape index (κ2) is 5.88. The fraction of sp³-hybridized carbons (Fsp3) is 0.667. The second-order valence-corrected chi connectivity index (χ2v) is 7.94. The van der Waals surface area contributed by atoms with Crippen molar-refractivity contribution in [3.8, 4) is 0 Å². The minimum atomic E-state index is -3.49. The Balaban J connectivity index is 2.15. The van der Waals surface area contributed by atoms with E-state index in [0.717, 1.165) is 19.4 Å². The van der Waals surface area contributed by atoms with E-state index in [2.05, 4.69) is 4.90 Å². The molecule has 1 atom stereocenters. The zero-order chi connectivity index (χ0) is 14.0. The maximum atomic E-state index is 12.5. The number of aliphatic hydroxyl groups is 1. The topological polar surface area (TPSA) is 60.9 Å². The predicted octanol–water partition coefficient (Wildman–Crippen LogP) is 0.955. The van der Waals surface area contributed by atoms with E-state index in [0.29, 0.717) is 11.4 Å². The summed E-state index contributed by atoms with van der Waals surface area (Å²) in [6.45, 7) is 1.29. The van der Waals surface area contributed by atoms with E-state index in [1.165, 1.54) is 15.6 Å². The van der Waals surface area contributed by atoms with Crippen molar-refractivity contribution < 1.29 is 13.5 Å². The van der Waals surface area contributed by atoms with Crippen molar-refractivity contribution in [3.05, 3.63) is 16.3 Å². The van der Waals surface area contributed by atoms with Gasteiger partial charge in [0.1, 0.15) is 0 Å². The molecule has 7 heteroatoms. The van der Waals surface area contributed by atoms with Crippen molar-refractivity contribution in [1.82, 2.24) is 9.21 Å². The molecule has 1 aromatic heterocycles. The molecule has 5 nitrogen and oxygen atoms in total. The first-order valence-corrected chi connectivity index (χ1v) is 8.62. The van der Waals surface area contributed by atoms with Gasteiger partial charge in [-0.05, 0) is 37.9 Å². The SMILES string of the molecule is CN1CCCC1CN(C)S(=O)(=O)c1ccsc1CO. The van der Waals surface area contributed by atoms with Crippen molar-refractivity contribution in [2.75, 3.05) is 27.2 Å². The monoisotopic (exact) mass is 304 g/mol. The molecule has 0 bridgehead atoms. The van der Waals surface area contributed by atoms with Gasteiger partial charge in [0, 0.05) is 24.5 Å². The van der Waals surface area contributed by atoms with E-state index >= 15 is 0 Å². The molecule has 1 saturated heterocycles. The molecule has 0 aliphatic carbocycles. The number of hydrogen-bond donors (Lipinski definition) is 1. The van der Waals surface area contributed by atoms with Crippen molar-refractivity contribution in [3.63, 3.8) is 0 Å². The first-order chi connectivity index (χ1) is 8.96. The van der Waals surface area contributed by atoms with Gasteiger partial charge in [-0.3, -0.25) is 0 Å². The third kappa shape index (κ3) is 3.00. The maximum absolute atomic E-state index is 12.5. The van der Waals surface area contributed by atoms with Crippen LogP contribution < -0.4 is 0 Å². The molecule has 1 N–H and O–H groups in total. The molecule has 2 rings (SSSR count). The Bertz CT molecular complexity index is 527. The molecule has 1 aromatic rings. The van der Waals surface area contributed by atoms with E-state index in [9.17, 15) is 13.5 Å². The van der Waals surface area contributed by atoms with E-state index in [1.807, 2.05) is 7.05 Å². The maximum Gasteiger partial charge on any atom is 0.244 e. The van der Waals surface area contributed by atoms with Crippen LogP contribution in [-0.4, -0.2) is 56.0 Å². The summed E-state index contributed by atoms with van der Waals surface area (Å²) in [6.07, 6.45) is 2.16. The third-order valence-electron chi connectivity index (χ3n) is 3.68. The van der Waals surface area contributed by atoms with E-state index in [-0.39, 0.29) is 17.5 Å². The van der Waals surface area contributed by atoms with Crippen LogP contribution in [-0.2, 0) is 16.6 Å². The molecule has 1 aliphatic rings. The van der Waals surface area contributed by atoms with Crippen molar-refractivity contribution in [2.24, 2.45) is 0 Å². The molecular weight excluding hydrogens is 284 g/mol. The average Bonchev–Trinajstić information content (AvgIpc) is 2.98. The van der Waals surface area contributed by atoms with Crippen LogP contribution in [0.1, 0.15) is 17.7 Å². The van der Waals surface area contributed by atoms with E-state index < -0.39 is 10.0 Å². The molecule has 19 heavy (non-hydrogen) atoms. The Morgan fingerprint density at radius 3 is 2.89 bits per heavy atom. The summed E-state index contributed by atoms with van der Waals surface area (Å²) in [7, 11) is 0.149. The predicted molar refractivity (Wildman–Crippen MR) is 75.7 cm³/mol. The highest BCUT2D eigenvalue weighted by atomic mass is 32.2. The Kier molecular flexibility index (Phi) is 4.62. The molecule has 0 spiro atoms. The number of sulfonamides is 1. The smallest absolute Gasteiger partial charge is 0.244 e. The summed E-state index contributed by atoms with van der Waals surface area (Å²) < 4.78 is 26.3. The van der Waals surface area contributed by atoms with Gasteiger partial charge in [0.25, 0.3) is 0 Å². The van der Waals surface area contributed by atoms with Crippen LogP contribution in [0.15, 0.2) is 16.3 Å². The van der Waals surface area contributed by atoms with Crippen LogP contribution >= 0.6 is 11.3 Å². The summed E-state index contributed by atoms with van der Waals surface area (Å²) in [6, 6.07) is 1.86. The normalized spacial score (nSPS) is 21.4. The molecule has 108 valence electrons. The van der Waals surface area contributed by atoms with Crippen LogP contribution in [0.4, 0.5) is 0 Å². The second-order valence-electron chi connectivity index (χ2n) is 4.93. The van der Waals surface area contributed by atoms with Gasteiger partial charge in [-0.1, -0.05) is 0 Å². The lowest BCUT2D eigenvalue weighted by molar-refractivity contribution is 0.269. The van der Waals surface area contributed by atoms with Crippen LogP contribution in [0, 0.1) is 0 Å². The minimum Gasteiger partial charge on any atom is -0.391 e. The van der Waals surface area contributed by atoms with Gasteiger partial charge >= 0.3 is 0 Å². The molecule has 0 radical (unpaired) electrons. The number of nitrogens with zero attached hydrogens (tertiary/aromatic N) is 2. The number of likely N-dealkylation sites (N-methyl/N-ethyl adjacent to an activating group) is 2.